The summed E-state index contributed by atoms with van der Waals surface area (Å²) in [4.78, 5) is 18.3. The number of rotatable bonds is 16. The minimum absolute atomic E-state index is 0.0226. The van der Waals surface area contributed by atoms with Crippen molar-refractivity contribution in [2.45, 2.75) is 38.1 Å². The van der Waals surface area contributed by atoms with Crippen LogP contribution in [0.5, 0.6) is 11.5 Å². The third-order valence-corrected chi connectivity index (χ3v) is 9.48. The van der Waals surface area contributed by atoms with Crippen LogP contribution in [0, 0.1) is 17.2 Å². The second-order valence-electron chi connectivity index (χ2n) is 12.6. The van der Waals surface area contributed by atoms with Crippen LogP contribution in [0.4, 0.5) is 0 Å². The molecular weight excluding hydrogens is 660 g/mol. The van der Waals surface area contributed by atoms with Gasteiger partial charge >= 0.3 is 5.97 Å². The van der Waals surface area contributed by atoms with Crippen molar-refractivity contribution in [1.82, 2.24) is 15.2 Å². The fourth-order valence-corrected chi connectivity index (χ4v) is 6.09. The molecule has 2 aliphatic rings. The second kappa shape index (κ2) is 17.1. The van der Waals surface area contributed by atoms with E-state index in [1.165, 1.54) is 13.1 Å². The Morgan fingerprint density at radius 2 is 1.96 bits per heavy atom. The van der Waals surface area contributed by atoms with Crippen molar-refractivity contribution in [2.75, 3.05) is 52.7 Å². The standard InChI is InChI=1S/C38H43ClN4O7/c1-27-32(30-7-4-3-5-8-30)9-6-10-38(27,50-16-13-43-11-14-47-15-12-43)26-49-35-19-34(48-24-29-17-28(20-40)21-41-22-29)31(18-33(35)39)23-42-37(2,25-44)36(45)46/h3-10,17-19,21-22,27,42,44H,11-16,23-26H2,1-2H3,(H,45,46). The number of aliphatic carboxylic acids is 1. The number of benzene rings is 2. The Bertz CT molecular complexity index is 1720. The number of carbonyl (C=O) groups is 1. The van der Waals surface area contributed by atoms with Crippen LogP contribution in [0.2, 0.25) is 5.02 Å². The minimum Gasteiger partial charge on any atom is -0.489 e. The van der Waals surface area contributed by atoms with Gasteiger partial charge in [0.05, 0.1) is 37.0 Å². The number of aromatic nitrogens is 1. The highest BCUT2D eigenvalue weighted by atomic mass is 35.5. The fraction of sp³-hybridized carbons (Fsp3) is 0.395. The van der Waals surface area contributed by atoms with Gasteiger partial charge in [-0.25, -0.2) is 0 Å². The van der Waals surface area contributed by atoms with Crippen LogP contribution >= 0.6 is 11.6 Å². The summed E-state index contributed by atoms with van der Waals surface area (Å²) >= 11 is 6.83. The van der Waals surface area contributed by atoms with E-state index in [1.807, 2.05) is 30.4 Å². The summed E-state index contributed by atoms with van der Waals surface area (Å²) in [6, 6.07) is 17.3. The molecule has 1 aliphatic carbocycles. The third kappa shape index (κ3) is 9.08. The first-order valence-corrected chi connectivity index (χ1v) is 16.9. The Kier molecular flexibility index (Phi) is 12.6. The van der Waals surface area contributed by atoms with Gasteiger partial charge in [-0.2, -0.15) is 5.26 Å². The number of nitrogens with one attached hydrogen (secondary N) is 1. The average molecular weight is 703 g/mol. The number of carboxylic acids is 1. The summed E-state index contributed by atoms with van der Waals surface area (Å²) in [6.45, 7) is 7.49. The molecule has 0 radical (unpaired) electrons. The van der Waals surface area contributed by atoms with Gasteiger partial charge in [0.25, 0.3) is 0 Å². The topological polar surface area (TPSA) is 146 Å². The monoisotopic (exact) mass is 702 g/mol. The van der Waals surface area contributed by atoms with Gasteiger partial charge in [-0.3, -0.25) is 20.0 Å². The zero-order valence-electron chi connectivity index (χ0n) is 28.3. The third-order valence-electron chi connectivity index (χ3n) is 9.19. The molecule has 3 N–H and O–H groups in total. The van der Waals surface area contributed by atoms with Gasteiger partial charge in [0, 0.05) is 61.7 Å². The lowest BCUT2D eigenvalue weighted by Gasteiger charge is -2.40. The number of hydrogen-bond donors (Lipinski definition) is 3. The van der Waals surface area contributed by atoms with Crippen molar-refractivity contribution in [3.63, 3.8) is 0 Å². The molecule has 50 heavy (non-hydrogen) atoms. The summed E-state index contributed by atoms with van der Waals surface area (Å²) in [5.41, 5.74) is 1.41. The molecule has 2 aromatic carbocycles. The summed E-state index contributed by atoms with van der Waals surface area (Å²) in [6.07, 6.45) is 9.23. The number of carboxylic acid groups (broad SMARTS) is 1. The summed E-state index contributed by atoms with van der Waals surface area (Å²) in [5.74, 6) is -0.551. The van der Waals surface area contributed by atoms with Crippen LogP contribution in [0.3, 0.4) is 0 Å². The summed E-state index contributed by atoms with van der Waals surface area (Å²) < 4.78 is 25.0. The highest BCUT2D eigenvalue weighted by Gasteiger charge is 2.40. The van der Waals surface area contributed by atoms with Crippen molar-refractivity contribution in [2.24, 2.45) is 5.92 Å². The quantitative estimate of drug-likeness (QED) is 0.188. The highest BCUT2D eigenvalue weighted by Crippen LogP contribution is 2.40. The minimum atomic E-state index is -1.59. The number of morpholine rings is 1. The van der Waals surface area contributed by atoms with Crippen molar-refractivity contribution in [1.29, 1.82) is 5.26 Å². The molecule has 3 atom stereocenters. The Balaban J connectivity index is 1.41. The van der Waals surface area contributed by atoms with Crippen molar-refractivity contribution < 1.29 is 34.0 Å². The number of ether oxygens (including phenoxy) is 4. The molecule has 5 rings (SSSR count). The fourth-order valence-electron chi connectivity index (χ4n) is 5.85. The normalized spacial score (nSPS) is 20.4. The zero-order valence-corrected chi connectivity index (χ0v) is 29.1. The number of aliphatic hydroxyl groups is 1. The number of halogens is 1. The zero-order chi connectivity index (χ0) is 35.6. The lowest BCUT2D eigenvalue weighted by molar-refractivity contribution is -0.145. The molecule has 0 spiro atoms. The van der Waals surface area contributed by atoms with E-state index in [0.29, 0.717) is 48.0 Å². The van der Waals surface area contributed by atoms with Crippen molar-refractivity contribution >= 4 is 23.1 Å². The van der Waals surface area contributed by atoms with Crippen LogP contribution in [-0.4, -0.2) is 89.9 Å². The van der Waals surface area contributed by atoms with E-state index in [1.54, 1.807) is 24.4 Å². The summed E-state index contributed by atoms with van der Waals surface area (Å²) in [7, 11) is 0. The van der Waals surface area contributed by atoms with Crippen LogP contribution in [0.15, 0.2) is 79.2 Å². The van der Waals surface area contributed by atoms with E-state index >= 15 is 0 Å². The molecule has 1 aliphatic heterocycles. The van der Waals surface area contributed by atoms with Crippen LogP contribution in [-0.2, 0) is 27.4 Å². The number of allylic oxidation sites excluding steroid dienone is 2. The number of aliphatic hydroxyl groups excluding tert-OH is 1. The van der Waals surface area contributed by atoms with E-state index in [2.05, 4.69) is 46.4 Å². The summed E-state index contributed by atoms with van der Waals surface area (Å²) in [5, 5.41) is 32.0. The number of pyridine rings is 1. The predicted octanol–water partition coefficient (Wildman–Crippen LogP) is 4.87. The lowest BCUT2D eigenvalue weighted by atomic mass is 9.77. The molecule has 264 valence electrons. The first kappa shape index (κ1) is 37.0. The molecule has 1 saturated heterocycles. The molecule has 0 bridgehead atoms. The predicted molar refractivity (Wildman–Crippen MR) is 189 cm³/mol. The molecule has 1 aromatic heterocycles. The first-order chi connectivity index (χ1) is 24.2. The van der Waals surface area contributed by atoms with Gasteiger partial charge in [0.2, 0.25) is 0 Å². The maximum atomic E-state index is 11.9. The van der Waals surface area contributed by atoms with Crippen molar-refractivity contribution in [3.05, 3.63) is 106 Å². The highest BCUT2D eigenvalue weighted by molar-refractivity contribution is 6.32. The van der Waals surface area contributed by atoms with Crippen molar-refractivity contribution in [3.8, 4) is 17.6 Å². The van der Waals surface area contributed by atoms with E-state index in [9.17, 15) is 20.3 Å². The number of hydrogen-bond acceptors (Lipinski definition) is 10. The second-order valence-corrected chi connectivity index (χ2v) is 13.0. The van der Waals surface area contributed by atoms with E-state index < -0.39 is 23.7 Å². The molecule has 1 fully saturated rings. The Labute approximate surface area is 297 Å². The van der Waals surface area contributed by atoms with Crippen LogP contribution in [0.25, 0.3) is 5.57 Å². The Morgan fingerprint density at radius 1 is 1.18 bits per heavy atom. The van der Waals surface area contributed by atoms with Gasteiger partial charge in [-0.1, -0.05) is 61.0 Å². The lowest BCUT2D eigenvalue weighted by Crippen LogP contribution is -2.52. The maximum absolute atomic E-state index is 11.9. The Morgan fingerprint density at radius 3 is 2.68 bits per heavy atom. The average Bonchev–Trinajstić information content (AvgIpc) is 3.14. The SMILES string of the molecule is CC1C(c2ccccc2)=CC=CC1(COc1cc(OCc2cncc(C#N)c2)c(CNC(C)(CO)C(=O)O)cc1Cl)OCCN1CCOCC1. The number of nitriles is 1. The van der Waals surface area contributed by atoms with Crippen LogP contribution in [0.1, 0.15) is 36.1 Å². The van der Waals surface area contributed by atoms with Crippen LogP contribution < -0.4 is 14.8 Å². The smallest absolute Gasteiger partial charge is 0.326 e. The Hall–Kier alpha value is -4.28. The molecule has 0 amide bonds. The molecular formula is C38H43ClN4O7. The van der Waals surface area contributed by atoms with Gasteiger partial charge in [0.1, 0.15) is 41.9 Å². The molecule has 0 saturated carbocycles. The molecule has 2 heterocycles. The largest absolute Gasteiger partial charge is 0.489 e. The molecule has 11 nitrogen and oxygen atoms in total. The van der Waals surface area contributed by atoms with Gasteiger partial charge in [-0.05, 0) is 36.3 Å². The van der Waals surface area contributed by atoms with E-state index in [0.717, 1.165) is 30.8 Å². The number of nitrogens with zero attached hydrogens (tertiary/aromatic N) is 3. The molecule has 12 heteroatoms. The molecule has 3 unspecified atom stereocenters. The van der Waals surface area contributed by atoms with Gasteiger partial charge < -0.3 is 29.2 Å². The van der Waals surface area contributed by atoms with Gasteiger partial charge in [-0.15, -0.1) is 0 Å². The van der Waals surface area contributed by atoms with Gasteiger partial charge in [0.15, 0.2) is 0 Å². The van der Waals surface area contributed by atoms with E-state index in [4.69, 9.17) is 30.5 Å². The maximum Gasteiger partial charge on any atom is 0.326 e. The van der Waals surface area contributed by atoms with E-state index in [-0.39, 0.29) is 30.7 Å². The molecule has 3 aromatic rings. The first-order valence-electron chi connectivity index (χ1n) is 16.6.